The fourth-order valence-corrected chi connectivity index (χ4v) is 3.14. The molecule has 1 N–H and O–H groups in total. The van der Waals surface area contributed by atoms with Crippen LogP contribution in [-0.2, 0) is 17.8 Å². The van der Waals surface area contributed by atoms with E-state index in [9.17, 15) is 4.79 Å². The monoisotopic (exact) mass is 274 g/mol. The number of benzene rings is 1. The van der Waals surface area contributed by atoms with Gasteiger partial charge >= 0.3 is 0 Å². The number of amides is 1. The predicted octanol–water partition coefficient (Wildman–Crippen LogP) is 3.12. The highest BCUT2D eigenvalue weighted by atomic mass is 35.5. The van der Waals surface area contributed by atoms with Gasteiger partial charge in [-0.2, -0.15) is 0 Å². The molecule has 19 heavy (non-hydrogen) atoms. The molecule has 2 aliphatic rings. The van der Waals surface area contributed by atoms with Crippen molar-refractivity contribution in [2.24, 2.45) is 5.92 Å². The van der Waals surface area contributed by atoms with Crippen molar-refractivity contribution in [1.29, 1.82) is 0 Å². The molecule has 4 rings (SSSR count). The third kappa shape index (κ3) is 1.84. The quantitative estimate of drug-likeness (QED) is 0.852. The number of halogens is 1. The van der Waals surface area contributed by atoms with E-state index in [0.29, 0.717) is 11.8 Å². The number of hydrogen-bond acceptors (Lipinski definition) is 1. The first kappa shape index (κ1) is 11.4. The largest absolute Gasteiger partial charge is 0.358 e. The number of carbonyl (C=O) groups excluding carboxylic acids is 1. The van der Waals surface area contributed by atoms with Crippen LogP contribution in [0.2, 0.25) is 5.02 Å². The van der Waals surface area contributed by atoms with E-state index >= 15 is 0 Å². The normalized spacial score (nSPS) is 18.7. The molecule has 1 aliphatic carbocycles. The van der Waals surface area contributed by atoms with E-state index < -0.39 is 0 Å². The van der Waals surface area contributed by atoms with Gasteiger partial charge in [-0.15, -0.1) is 0 Å². The third-order valence-electron chi connectivity index (χ3n) is 4.18. The highest BCUT2D eigenvalue weighted by molar-refractivity contribution is 6.31. The van der Waals surface area contributed by atoms with Crippen LogP contribution in [0.1, 0.15) is 24.1 Å². The van der Waals surface area contributed by atoms with Crippen molar-refractivity contribution in [3.05, 3.63) is 34.5 Å². The van der Waals surface area contributed by atoms with Crippen molar-refractivity contribution < 1.29 is 4.79 Å². The van der Waals surface area contributed by atoms with E-state index in [2.05, 4.69) is 11.1 Å². The number of H-pyrrole nitrogens is 1. The molecular weight excluding hydrogens is 260 g/mol. The minimum absolute atomic E-state index is 0.307. The summed E-state index contributed by atoms with van der Waals surface area (Å²) < 4.78 is 0. The summed E-state index contributed by atoms with van der Waals surface area (Å²) in [5.74, 6) is 0.648. The number of nitrogens with one attached hydrogen (secondary N) is 1. The fraction of sp³-hybridized carbons (Fsp3) is 0.400. The van der Waals surface area contributed by atoms with Crippen LogP contribution in [-0.4, -0.2) is 22.3 Å². The number of fused-ring (bicyclic) bond motifs is 3. The molecule has 1 saturated carbocycles. The minimum atomic E-state index is 0.307. The summed E-state index contributed by atoms with van der Waals surface area (Å²) in [6.07, 6.45) is 3.07. The number of rotatable bonds is 1. The number of carbonyl (C=O) groups is 1. The summed E-state index contributed by atoms with van der Waals surface area (Å²) in [6.45, 7) is 1.58. The van der Waals surface area contributed by atoms with Gasteiger partial charge in [-0.3, -0.25) is 4.79 Å². The predicted molar refractivity (Wildman–Crippen MR) is 75.2 cm³/mol. The lowest BCUT2D eigenvalue weighted by Gasteiger charge is -2.27. The second-order valence-corrected chi connectivity index (χ2v) is 5.99. The molecule has 3 nitrogen and oxygen atoms in total. The van der Waals surface area contributed by atoms with Gasteiger partial charge in [-0.05, 0) is 25.0 Å². The maximum Gasteiger partial charge on any atom is 0.225 e. The summed E-state index contributed by atoms with van der Waals surface area (Å²) >= 11 is 6.03. The first-order valence-electron chi connectivity index (χ1n) is 6.80. The van der Waals surface area contributed by atoms with Crippen LogP contribution in [0, 0.1) is 5.92 Å². The lowest BCUT2D eigenvalue weighted by Crippen LogP contribution is -2.36. The van der Waals surface area contributed by atoms with Crippen molar-refractivity contribution in [3.63, 3.8) is 0 Å². The number of hydrogen-bond donors (Lipinski definition) is 1. The zero-order valence-electron chi connectivity index (χ0n) is 10.6. The average Bonchev–Trinajstić information content (AvgIpc) is 3.18. The summed E-state index contributed by atoms with van der Waals surface area (Å²) in [6, 6.07) is 5.93. The molecule has 98 valence electrons. The van der Waals surface area contributed by atoms with Gasteiger partial charge in [0, 0.05) is 52.6 Å². The maximum atomic E-state index is 12.2. The summed E-state index contributed by atoms with van der Waals surface area (Å²) in [5, 5.41) is 1.95. The molecule has 1 aromatic heterocycles. The molecule has 1 amide bonds. The van der Waals surface area contributed by atoms with Gasteiger partial charge in [0.25, 0.3) is 0 Å². The first-order chi connectivity index (χ1) is 9.22. The molecule has 0 unspecified atom stereocenters. The van der Waals surface area contributed by atoms with Gasteiger partial charge in [-0.1, -0.05) is 17.7 Å². The minimum Gasteiger partial charge on any atom is -0.358 e. The topological polar surface area (TPSA) is 36.1 Å². The molecular formula is C15H15ClN2O. The van der Waals surface area contributed by atoms with Crippen molar-refractivity contribution in [3.8, 4) is 0 Å². The Balaban J connectivity index is 1.73. The Morgan fingerprint density at radius 2 is 2.21 bits per heavy atom. The Hall–Kier alpha value is -1.48. The van der Waals surface area contributed by atoms with Gasteiger partial charge in [-0.25, -0.2) is 0 Å². The van der Waals surface area contributed by atoms with Crippen LogP contribution in [0.15, 0.2) is 18.2 Å². The Morgan fingerprint density at radius 3 is 3.00 bits per heavy atom. The third-order valence-corrected chi connectivity index (χ3v) is 4.41. The Kier molecular flexibility index (Phi) is 2.39. The number of aromatic amines is 1. The Morgan fingerprint density at radius 1 is 1.37 bits per heavy atom. The summed E-state index contributed by atoms with van der Waals surface area (Å²) in [4.78, 5) is 17.6. The molecule has 0 spiro atoms. The molecule has 0 atom stereocenters. The first-order valence-corrected chi connectivity index (χ1v) is 7.18. The summed E-state index contributed by atoms with van der Waals surface area (Å²) in [7, 11) is 0. The van der Waals surface area contributed by atoms with E-state index in [1.54, 1.807) is 0 Å². The average molecular weight is 275 g/mol. The summed E-state index contributed by atoms with van der Waals surface area (Å²) in [5.41, 5.74) is 3.61. The van der Waals surface area contributed by atoms with E-state index in [1.807, 2.05) is 17.0 Å². The Labute approximate surface area is 116 Å². The van der Waals surface area contributed by atoms with Crippen LogP contribution in [0.4, 0.5) is 0 Å². The van der Waals surface area contributed by atoms with Crippen molar-refractivity contribution in [2.45, 2.75) is 25.8 Å². The maximum absolute atomic E-state index is 12.2. The fourth-order valence-electron chi connectivity index (χ4n) is 2.97. The van der Waals surface area contributed by atoms with Gasteiger partial charge in [0.15, 0.2) is 0 Å². The lowest BCUT2D eigenvalue weighted by molar-refractivity contribution is -0.133. The van der Waals surface area contributed by atoms with Crippen LogP contribution in [0.25, 0.3) is 10.9 Å². The second kappa shape index (κ2) is 4.01. The zero-order chi connectivity index (χ0) is 13.0. The van der Waals surface area contributed by atoms with Crippen molar-refractivity contribution in [2.75, 3.05) is 6.54 Å². The highest BCUT2D eigenvalue weighted by Gasteiger charge is 2.35. The molecule has 0 radical (unpaired) electrons. The molecule has 4 heteroatoms. The smallest absolute Gasteiger partial charge is 0.225 e. The van der Waals surface area contributed by atoms with Gasteiger partial charge in [0.05, 0.1) is 0 Å². The van der Waals surface area contributed by atoms with Crippen molar-refractivity contribution in [1.82, 2.24) is 9.88 Å². The van der Waals surface area contributed by atoms with E-state index in [1.165, 1.54) is 16.6 Å². The van der Waals surface area contributed by atoms with Crippen LogP contribution in [0.3, 0.4) is 0 Å². The number of aromatic nitrogens is 1. The molecule has 0 saturated heterocycles. The van der Waals surface area contributed by atoms with Crippen LogP contribution in [0.5, 0.6) is 0 Å². The molecule has 2 aromatic rings. The van der Waals surface area contributed by atoms with Crippen molar-refractivity contribution >= 4 is 28.4 Å². The molecule has 1 fully saturated rings. The Bertz CT molecular complexity index is 672. The van der Waals surface area contributed by atoms with Crippen LogP contribution >= 0.6 is 11.6 Å². The number of nitrogens with zero attached hydrogens (tertiary/aromatic N) is 1. The van der Waals surface area contributed by atoms with Gasteiger partial charge in [0.2, 0.25) is 5.91 Å². The van der Waals surface area contributed by atoms with E-state index in [0.717, 1.165) is 42.9 Å². The van der Waals surface area contributed by atoms with E-state index in [4.69, 9.17) is 11.6 Å². The SMILES string of the molecule is O=C(C1CC1)N1CCc2[nH]c3cc(Cl)ccc3c2C1. The van der Waals surface area contributed by atoms with E-state index in [-0.39, 0.29) is 0 Å². The van der Waals surface area contributed by atoms with Gasteiger partial charge < -0.3 is 9.88 Å². The molecule has 1 aliphatic heterocycles. The highest BCUT2D eigenvalue weighted by Crippen LogP contribution is 2.34. The van der Waals surface area contributed by atoms with Crippen LogP contribution < -0.4 is 0 Å². The standard InChI is InChI=1S/C15H15ClN2O/c16-10-3-4-11-12-8-18(15(19)9-1-2-9)6-5-13(12)17-14(11)7-10/h3-4,7,9,17H,1-2,5-6,8H2. The molecule has 0 bridgehead atoms. The van der Waals surface area contributed by atoms with Gasteiger partial charge in [0.1, 0.15) is 0 Å². The molecule has 2 heterocycles. The lowest BCUT2D eigenvalue weighted by atomic mass is 10.0. The second-order valence-electron chi connectivity index (χ2n) is 5.56. The zero-order valence-corrected chi connectivity index (χ0v) is 11.3. The molecule has 1 aromatic carbocycles.